The van der Waals surface area contributed by atoms with E-state index in [4.69, 9.17) is 23.8 Å². The summed E-state index contributed by atoms with van der Waals surface area (Å²) in [5, 5.41) is 8.83. The van der Waals surface area contributed by atoms with Crippen molar-refractivity contribution in [1.29, 1.82) is 0 Å². The lowest BCUT2D eigenvalue weighted by molar-refractivity contribution is -0.0972. The fourth-order valence-corrected chi connectivity index (χ4v) is 1.58. The van der Waals surface area contributed by atoms with Crippen molar-refractivity contribution in [2.75, 3.05) is 26.4 Å². The fraction of sp³-hybridized carbons (Fsp3) is 1.00. The summed E-state index contributed by atoms with van der Waals surface area (Å²) in [5.74, 6) is 0. The fourth-order valence-electron chi connectivity index (χ4n) is 1.31. The summed E-state index contributed by atoms with van der Waals surface area (Å²) in [6.07, 6.45) is -0.123. The number of hydrogen-bond donors (Lipinski definition) is 1. The number of hydrogen-bond acceptors (Lipinski definition) is 5. The van der Waals surface area contributed by atoms with Crippen LogP contribution in [0.3, 0.4) is 0 Å². The predicted octanol–water partition coefficient (Wildman–Crippen LogP) is 1.39. The van der Waals surface area contributed by atoms with Crippen molar-refractivity contribution in [3.8, 4) is 0 Å². The molecule has 1 N–H and O–H groups in total. The Morgan fingerprint density at radius 3 is 1.78 bits per heavy atom. The average molecular weight is 282 g/mol. The summed E-state index contributed by atoms with van der Waals surface area (Å²) in [6, 6.07) is 0. The van der Waals surface area contributed by atoms with Crippen molar-refractivity contribution >= 4 is 9.47 Å². The molecule has 0 aromatic rings. The third-order valence-corrected chi connectivity index (χ3v) is 2.48. The molecule has 0 rings (SSSR count). The predicted molar refractivity (Wildman–Crippen MR) is 73.6 cm³/mol. The van der Waals surface area contributed by atoms with Gasteiger partial charge in [0.05, 0.1) is 50.8 Å². The minimum Gasteiger partial charge on any atom is -0.394 e. The van der Waals surface area contributed by atoms with Crippen LogP contribution in [0.5, 0.6) is 0 Å². The topological polar surface area (TPSA) is 57.2 Å². The summed E-state index contributed by atoms with van der Waals surface area (Å²) >= 11 is 0. The van der Waals surface area contributed by atoms with Gasteiger partial charge < -0.3 is 23.8 Å². The van der Waals surface area contributed by atoms with Gasteiger partial charge in [-0.3, -0.25) is 0 Å². The van der Waals surface area contributed by atoms with Gasteiger partial charge in [0, 0.05) is 9.47 Å². The molecule has 0 radical (unpaired) electrons. The molecule has 0 heterocycles. The van der Waals surface area contributed by atoms with Crippen molar-refractivity contribution in [3.63, 3.8) is 0 Å². The second-order valence-electron chi connectivity index (χ2n) is 4.56. The van der Waals surface area contributed by atoms with Gasteiger partial charge in [0.2, 0.25) is 0 Å². The van der Waals surface area contributed by atoms with Crippen LogP contribution in [0.1, 0.15) is 27.7 Å². The van der Waals surface area contributed by atoms with Gasteiger partial charge in [0.25, 0.3) is 0 Å². The molecule has 0 amide bonds. The third-order valence-electron chi connectivity index (χ3n) is 2.28. The number of ether oxygens (including phenoxy) is 3. The first-order valence-electron chi connectivity index (χ1n) is 6.30. The molecule has 0 saturated heterocycles. The van der Waals surface area contributed by atoms with Crippen molar-refractivity contribution in [2.45, 2.75) is 52.1 Å². The lowest BCUT2D eigenvalue weighted by atomic mass is 10.3. The number of rotatable bonds is 11. The standard InChI is InChI=1S/C12H27O5P/c1-9(5-13)14-6-11(3)17-12(4)7-15-10(2)8-16-18/h9-13H,5-8,18H2,1-4H3. The molecule has 5 nitrogen and oxygen atoms in total. The van der Waals surface area contributed by atoms with Crippen LogP contribution in [0.2, 0.25) is 0 Å². The summed E-state index contributed by atoms with van der Waals surface area (Å²) in [5.41, 5.74) is 0. The Hall–Kier alpha value is 0.230. The highest BCUT2D eigenvalue weighted by Gasteiger charge is 2.12. The summed E-state index contributed by atoms with van der Waals surface area (Å²) in [6.45, 7) is 9.24. The van der Waals surface area contributed by atoms with Crippen molar-refractivity contribution in [1.82, 2.24) is 0 Å². The first-order chi connectivity index (χ1) is 8.49. The van der Waals surface area contributed by atoms with E-state index in [1.807, 2.05) is 27.7 Å². The lowest BCUT2D eigenvalue weighted by Gasteiger charge is -2.22. The molecule has 5 atom stereocenters. The van der Waals surface area contributed by atoms with Gasteiger partial charge in [0.1, 0.15) is 0 Å². The van der Waals surface area contributed by atoms with Gasteiger partial charge in [-0.15, -0.1) is 0 Å². The molecule has 0 aliphatic carbocycles. The minimum atomic E-state index is -0.151. The second kappa shape index (κ2) is 11.1. The van der Waals surface area contributed by atoms with E-state index in [0.29, 0.717) is 19.8 Å². The Morgan fingerprint density at radius 2 is 1.33 bits per heavy atom. The SMILES string of the molecule is CC(CO)OCC(C)OC(C)COC(C)COP. The molecule has 0 aromatic carbocycles. The van der Waals surface area contributed by atoms with Crippen LogP contribution >= 0.6 is 9.47 Å². The van der Waals surface area contributed by atoms with Gasteiger partial charge >= 0.3 is 0 Å². The zero-order chi connectivity index (χ0) is 14.0. The Labute approximate surface area is 112 Å². The summed E-state index contributed by atoms with van der Waals surface area (Å²) < 4.78 is 21.5. The van der Waals surface area contributed by atoms with E-state index in [9.17, 15) is 0 Å². The maximum Gasteiger partial charge on any atom is 0.0785 e. The van der Waals surface area contributed by atoms with Crippen LogP contribution in [0.25, 0.3) is 0 Å². The van der Waals surface area contributed by atoms with Gasteiger partial charge in [0.15, 0.2) is 0 Å². The summed E-state index contributed by atoms with van der Waals surface area (Å²) in [4.78, 5) is 0. The van der Waals surface area contributed by atoms with Crippen LogP contribution in [0.15, 0.2) is 0 Å². The molecule has 0 spiro atoms. The Balaban J connectivity index is 3.63. The van der Waals surface area contributed by atoms with Crippen LogP contribution in [0.4, 0.5) is 0 Å². The summed E-state index contributed by atoms with van der Waals surface area (Å²) in [7, 11) is 2.20. The second-order valence-corrected chi connectivity index (χ2v) is 4.89. The zero-order valence-electron chi connectivity index (χ0n) is 11.8. The average Bonchev–Trinajstić information content (AvgIpc) is 2.33. The Morgan fingerprint density at radius 1 is 0.833 bits per heavy atom. The van der Waals surface area contributed by atoms with Gasteiger partial charge in [-0.2, -0.15) is 0 Å². The van der Waals surface area contributed by atoms with Crippen LogP contribution in [-0.2, 0) is 18.7 Å². The molecule has 18 heavy (non-hydrogen) atoms. The van der Waals surface area contributed by atoms with Crippen LogP contribution < -0.4 is 0 Å². The molecule has 0 saturated carbocycles. The van der Waals surface area contributed by atoms with E-state index in [1.54, 1.807) is 0 Å². The van der Waals surface area contributed by atoms with Gasteiger partial charge in [-0.1, -0.05) is 0 Å². The highest BCUT2D eigenvalue weighted by molar-refractivity contribution is 7.09. The molecule has 6 heteroatoms. The normalized spacial score (nSPS) is 18.3. The van der Waals surface area contributed by atoms with E-state index in [1.165, 1.54) is 0 Å². The van der Waals surface area contributed by atoms with Crippen molar-refractivity contribution in [2.24, 2.45) is 0 Å². The maximum absolute atomic E-state index is 8.83. The monoisotopic (exact) mass is 282 g/mol. The van der Waals surface area contributed by atoms with E-state index < -0.39 is 0 Å². The smallest absolute Gasteiger partial charge is 0.0785 e. The minimum absolute atomic E-state index is 0.00000756. The Bertz CT molecular complexity index is 193. The quantitative estimate of drug-likeness (QED) is 0.580. The maximum atomic E-state index is 8.83. The van der Waals surface area contributed by atoms with E-state index in [2.05, 4.69) is 9.47 Å². The van der Waals surface area contributed by atoms with Gasteiger partial charge in [-0.05, 0) is 27.7 Å². The van der Waals surface area contributed by atoms with E-state index >= 15 is 0 Å². The molecular formula is C12H27O5P. The molecular weight excluding hydrogens is 255 g/mol. The highest BCUT2D eigenvalue weighted by atomic mass is 31.0. The first-order valence-corrected chi connectivity index (χ1v) is 6.77. The number of aliphatic hydroxyl groups excluding tert-OH is 1. The third kappa shape index (κ3) is 10.2. The van der Waals surface area contributed by atoms with Crippen LogP contribution in [0, 0.1) is 0 Å². The highest BCUT2D eigenvalue weighted by Crippen LogP contribution is 2.04. The number of aliphatic hydroxyl groups is 1. The van der Waals surface area contributed by atoms with Crippen molar-refractivity contribution in [3.05, 3.63) is 0 Å². The van der Waals surface area contributed by atoms with E-state index in [0.717, 1.165) is 0 Å². The molecule has 0 bridgehead atoms. The van der Waals surface area contributed by atoms with Crippen molar-refractivity contribution < 1.29 is 23.8 Å². The van der Waals surface area contributed by atoms with E-state index in [-0.39, 0.29) is 31.0 Å². The molecule has 0 aromatic heterocycles. The Kier molecular flexibility index (Phi) is 11.2. The first kappa shape index (κ1) is 18.2. The molecule has 0 fully saturated rings. The molecule has 0 aliphatic rings. The molecule has 110 valence electrons. The zero-order valence-corrected chi connectivity index (χ0v) is 13.0. The largest absolute Gasteiger partial charge is 0.394 e. The van der Waals surface area contributed by atoms with Gasteiger partial charge in [-0.25, -0.2) is 0 Å². The molecule has 5 unspecified atom stereocenters. The lowest BCUT2D eigenvalue weighted by Crippen LogP contribution is -2.29. The molecule has 0 aliphatic heterocycles. The van der Waals surface area contributed by atoms with Crippen LogP contribution in [-0.4, -0.2) is 55.9 Å².